The Hall–Kier alpha value is -0.740. The van der Waals surface area contributed by atoms with Crippen molar-refractivity contribution in [1.29, 1.82) is 0 Å². The van der Waals surface area contributed by atoms with Crippen molar-refractivity contribution in [2.75, 3.05) is 14.2 Å². The van der Waals surface area contributed by atoms with Gasteiger partial charge in [0.2, 0.25) is 0 Å². The summed E-state index contributed by atoms with van der Waals surface area (Å²) < 4.78 is 11.8. The molecular weight excluding hydrogens is 282 g/mol. The molecule has 1 atom stereocenters. The fourth-order valence-electron chi connectivity index (χ4n) is 2.80. The molecule has 2 N–H and O–H groups in total. The van der Waals surface area contributed by atoms with Crippen LogP contribution in [0, 0.1) is 0 Å². The Morgan fingerprint density at radius 2 is 2.00 bits per heavy atom. The lowest BCUT2D eigenvalue weighted by molar-refractivity contribution is 0.387. The van der Waals surface area contributed by atoms with Gasteiger partial charge in [-0.2, -0.15) is 0 Å². The third-order valence-electron chi connectivity index (χ3n) is 3.44. The van der Waals surface area contributed by atoms with Crippen LogP contribution in [-0.2, 0) is 5.41 Å². The number of halogens is 1. The highest BCUT2D eigenvalue weighted by Crippen LogP contribution is 2.53. The highest BCUT2D eigenvalue weighted by atomic mass is 79.9. The van der Waals surface area contributed by atoms with E-state index in [2.05, 4.69) is 29.8 Å². The van der Waals surface area contributed by atoms with E-state index in [1.54, 1.807) is 14.2 Å². The molecule has 1 unspecified atom stereocenters. The average molecular weight is 300 g/mol. The third-order valence-corrected chi connectivity index (χ3v) is 4.03. The summed E-state index contributed by atoms with van der Waals surface area (Å²) in [6.07, 6.45) is 0.908. The van der Waals surface area contributed by atoms with Crippen molar-refractivity contribution in [3.8, 4) is 11.5 Å². The normalized spacial score (nSPS) is 21.2. The number of nitrogens with two attached hydrogens (primary N) is 1. The van der Waals surface area contributed by atoms with Gasteiger partial charge in [0.1, 0.15) is 11.5 Å². The third kappa shape index (κ3) is 1.83. The molecule has 0 aromatic heterocycles. The van der Waals surface area contributed by atoms with E-state index in [-0.39, 0.29) is 11.5 Å². The molecule has 1 aromatic rings. The van der Waals surface area contributed by atoms with Crippen LogP contribution in [-0.4, -0.2) is 14.2 Å². The van der Waals surface area contributed by atoms with Gasteiger partial charge in [0.05, 0.1) is 18.7 Å². The maximum atomic E-state index is 6.23. The SMILES string of the molecule is COc1cc(Br)c(OC)c2c1C(C)(C)CC2N. The number of fused-ring (bicyclic) bond motifs is 1. The van der Waals surface area contributed by atoms with Crippen LogP contribution >= 0.6 is 15.9 Å². The Kier molecular flexibility index (Phi) is 3.12. The van der Waals surface area contributed by atoms with Crippen molar-refractivity contribution < 1.29 is 9.47 Å². The number of hydrogen-bond donors (Lipinski definition) is 1. The van der Waals surface area contributed by atoms with E-state index in [9.17, 15) is 0 Å². The van der Waals surface area contributed by atoms with Gasteiger partial charge in [-0.1, -0.05) is 13.8 Å². The first-order valence-corrected chi connectivity index (χ1v) is 6.42. The summed E-state index contributed by atoms with van der Waals surface area (Å²) in [6.45, 7) is 4.38. The molecule has 1 aliphatic rings. The number of methoxy groups -OCH3 is 2. The van der Waals surface area contributed by atoms with E-state index in [0.29, 0.717) is 0 Å². The van der Waals surface area contributed by atoms with Gasteiger partial charge in [-0.05, 0) is 33.8 Å². The van der Waals surface area contributed by atoms with Gasteiger partial charge in [0, 0.05) is 17.2 Å². The van der Waals surface area contributed by atoms with Crippen LogP contribution in [0.3, 0.4) is 0 Å². The van der Waals surface area contributed by atoms with E-state index in [1.807, 2.05) is 6.07 Å². The molecule has 1 aliphatic carbocycles. The lowest BCUT2D eigenvalue weighted by atomic mass is 9.86. The molecule has 0 amide bonds. The number of hydrogen-bond acceptors (Lipinski definition) is 3. The minimum absolute atomic E-state index is 0.00125. The van der Waals surface area contributed by atoms with Crippen LogP contribution in [0.5, 0.6) is 11.5 Å². The van der Waals surface area contributed by atoms with E-state index in [4.69, 9.17) is 15.2 Å². The molecular formula is C13H18BrNO2. The highest BCUT2D eigenvalue weighted by molar-refractivity contribution is 9.10. The zero-order valence-corrected chi connectivity index (χ0v) is 12.2. The van der Waals surface area contributed by atoms with Crippen LogP contribution in [0.15, 0.2) is 10.5 Å². The molecule has 4 heteroatoms. The zero-order chi connectivity index (χ0) is 12.8. The molecule has 0 heterocycles. The molecule has 0 saturated heterocycles. The molecule has 0 fully saturated rings. The molecule has 2 rings (SSSR count). The summed E-state index contributed by atoms with van der Waals surface area (Å²) >= 11 is 3.51. The van der Waals surface area contributed by atoms with Gasteiger partial charge in [-0.15, -0.1) is 0 Å². The first-order valence-electron chi connectivity index (χ1n) is 5.62. The van der Waals surface area contributed by atoms with E-state index in [0.717, 1.165) is 28.0 Å². The second kappa shape index (κ2) is 4.18. The monoisotopic (exact) mass is 299 g/mol. The Bertz CT molecular complexity index is 457. The van der Waals surface area contributed by atoms with Crippen molar-refractivity contribution in [1.82, 2.24) is 0 Å². The fourth-order valence-corrected chi connectivity index (χ4v) is 3.39. The molecule has 3 nitrogen and oxygen atoms in total. The van der Waals surface area contributed by atoms with Crippen molar-refractivity contribution in [2.45, 2.75) is 31.7 Å². The standard InChI is InChI=1S/C13H18BrNO2/c1-13(2)6-8(15)10-11(13)9(16-3)5-7(14)12(10)17-4/h5,8H,6,15H2,1-4H3. The molecule has 0 bridgehead atoms. The Balaban J connectivity index is 2.77. The van der Waals surface area contributed by atoms with Crippen LogP contribution in [0.2, 0.25) is 0 Å². The highest BCUT2D eigenvalue weighted by Gasteiger charge is 2.40. The van der Waals surface area contributed by atoms with Crippen LogP contribution in [0.1, 0.15) is 37.4 Å². The quantitative estimate of drug-likeness (QED) is 0.912. The molecule has 0 saturated carbocycles. The summed E-state index contributed by atoms with van der Waals surface area (Å²) in [7, 11) is 3.36. The van der Waals surface area contributed by atoms with Crippen LogP contribution < -0.4 is 15.2 Å². The minimum Gasteiger partial charge on any atom is -0.496 e. The van der Waals surface area contributed by atoms with Crippen LogP contribution in [0.25, 0.3) is 0 Å². The molecule has 0 aliphatic heterocycles. The smallest absolute Gasteiger partial charge is 0.138 e. The van der Waals surface area contributed by atoms with Crippen LogP contribution in [0.4, 0.5) is 0 Å². The lowest BCUT2D eigenvalue weighted by Crippen LogP contribution is -2.15. The second-order valence-electron chi connectivity index (χ2n) is 5.08. The van der Waals surface area contributed by atoms with Gasteiger partial charge < -0.3 is 15.2 Å². The van der Waals surface area contributed by atoms with Gasteiger partial charge in [0.15, 0.2) is 0 Å². The number of benzene rings is 1. The van der Waals surface area contributed by atoms with Gasteiger partial charge >= 0.3 is 0 Å². The average Bonchev–Trinajstić information content (AvgIpc) is 2.48. The van der Waals surface area contributed by atoms with Gasteiger partial charge in [-0.3, -0.25) is 0 Å². The van der Waals surface area contributed by atoms with Gasteiger partial charge in [0.25, 0.3) is 0 Å². The Morgan fingerprint density at radius 3 is 2.53 bits per heavy atom. The predicted molar refractivity (Wildman–Crippen MR) is 71.8 cm³/mol. The molecule has 1 aromatic carbocycles. The second-order valence-corrected chi connectivity index (χ2v) is 5.93. The molecule has 94 valence electrons. The maximum absolute atomic E-state index is 6.23. The molecule has 0 spiro atoms. The fraction of sp³-hybridized carbons (Fsp3) is 0.538. The molecule has 17 heavy (non-hydrogen) atoms. The number of ether oxygens (including phenoxy) is 2. The van der Waals surface area contributed by atoms with E-state index in [1.165, 1.54) is 5.56 Å². The first kappa shape index (κ1) is 12.7. The Morgan fingerprint density at radius 1 is 1.35 bits per heavy atom. The lowest BCUT2D eigenvalue weighted by Gasteiger charge is -2.22. The van der Waals surface area contributed by atoms with Gasteiger partial charge in [-0.25, -0.2) is 0 Å². The van der Waals surface area contributed by atoms with Crippen molar-refractivity contribution >= 4 is 15.9 Å². The maximum Gasteiger partial charge on any atom is 0.138 e. The molecule has 0 radical (unpaired) electrons. The van der Waals surface area contributed by atoms with Crippen molar-refractivity contribution in [3.63, 3.8) is 0 Å². The predicted octanol–water partition coefficient (Wildman–Crippen LogP) is 3.15. The van der Waals surface area contributed by atoms with Crippen molar-refractivity contribution in [3.05, 3.63) is 21.7 Å². The number of rotatable bonds is 2. The summed E-state index contributed by atoms with van der Waals surface area (Å²) in [5.74, 6) is 1.71. The summed E-state index contributed by atoms with van der Waals surface area (Å²) in [4.78, 5) is 0. The zero-order valence-electron chi connectivity index (χ0n) is 10.6. The first-order chi connectivity index (χ1) is 7.92. The largest absolute Gasteiger partial charge is 0.496 e. The Labute approximate surface area is 110 Å². The van der Waals surface area contributed by atoms with Crippen molar-refractivity contribution in [2.24, 2.45) is 5.73 Å². The summed E-state index contributed by atoms with van der Waals surface area (Å²) in [5, 5.41) is 0. The van der Waals surface area contributed by atoms with E-state index >= 15 is 0 Å². The van der Waals surface area contributed by atoms with E-state index < -0.39 is 0 Å². The topological polar surface area (TPSA) is 44.5 Å². The summed E-state index contributed by atoms with van der Waals surface area (Å²) in [5.41, 5.74) is 8.50. The minimum atomic E-state index is 0.00125. The summed E-state index contributed by atoms with van der Waals surface area (Å²) in [6, 6.07) is 1.96.